The second kappa shape index (κ2) is 8.44. The summed E-state index contributed by atoms with van der Waals surface area (Å²) in [5, 5.41) is 0. The Morgan fingerprint density at radius 3 is 2.26 bits per heavy atom. The number of nitrogens with zero attached hydrogens (tertiary/aromatic N) is 1. The fourth-order valence-corrected chi connectivity index (χ4v) is 2.03. The van der Waals surface area contributed by atoms with E-state index >= 15 is 0 Å². The molecule has 2 heteroatoms. The summed E-state index contributed by atoms with van der Waals surface area (Å²) in [6.45, 7) is 1.67. The molecule has 1 heterocycles. The van der Waals surface area contributed by atoms with Gasteiger partial charge in [0.15, 0.2) is 0 Å². The van der Waals surface area contributed by atoms with Crippen molar-refractivity contribution >= 4 is 0 Å². The second-order valence-corrected chi connectivity index (χ2v) is 4.63. The van der Waals surface area contributed by atoms with Gasteiger partial charge in [0.1, 0.15) is 0 Å². The van der Waals surface area contributed by atoms with E-state index < -0.39 is 0 Å². The van der Waals surface area contributed by atoms with Gasteiger partial charge >= 0.3 is 0 Å². The maximum absolute atomic E-state index is 5.65. The molecule has 0 N–H and O–H groups in total. The topological polar surface area (TPSA) is 22.1 Å². The lowest BCUT2D eigenvalue weighted by Crippen LogP contribution is -2.00. The largest absolute Gasteiger partial charge is 0.381 e. The predicted molar refractivity (Wildman–Crippen MR) is 78.1 cm³/mol. The number of hydrogen-bond acceptors (Lipinski definition) is 2. The summed E-state index contributed by atoms with van der Waals surface area (Å²) >= 11 is 0. The zero-order valence-electron chi connectivity index (χ0n) is 11.3. The van der Waals surface area contributed by atoms with Crippen LogP contribution in [0, 0.1) is 0 Å². The summed E-state index contributed by atoms with van der Waals surface area (Å²) in [4.78, 5) is 4.30. The van der Waals surface area contributed by atoms with E-state index in [0.29, 0.717) is 0 Å². The number of ether oxygens (including phenoxy) is 1. The summed E-state index contributed by atoms with van der Waals surface area (Å²) < 4.78 is 5.65. The highest BCUT2D eigenvalue weighted by Crippen LogP contribution is 2.03. The molecule has 0 aliphatic heterocycles. The lowest BCUT2D eigenvalue weighted by Gasteiger charge is -2.04. The zero-order chi connectivity index (χ0) is 13.2. The number of aromatic nitrogens is 1. The Kier molecular flexibility index (Phi) is 6.11. The van der Waals surface area contributed by atoms with Crippen LogP contribution in [0.4, 0.5) is 0 Å². The molecular formula is C17H21NO. The van der Waals surface area contributed by atoms with Crippen molar-refractivity contribution < 1.29 is 4.74 Å². The summed E-state index contributed by atoms with van der Waals surface area (Å²) in [7, 11) is 0. The highest BCUT2D eigenvalue weighted by Gasteiger charge is 1.95. The fraction of sp³-hybridized carbons (Fsp3) is 0.353. The molecule has 0 radical (unpaired) electrons. The van der Waals surface area contributed by atoms with E-state index in [0.717, 1.165) is 44.6 Å². The third kappa shape index (κ3) is 5.66. The summed E-state index contributed by atoms with van der Waals surface area (Å²) in [6, 6.07) is 16.6. The third-order valence-corrected chi connectivity index (χ3v) is 3.04. The number of aryl methyl sites for hydroxylation is 2. The van der Waals surface area contributed by atoms with Crippen LogP contribution in [-0.4, -0.2) is 18.2 Å². The smallest absolute Gasteiger partial charge is 0.0469 e. The van der Waals surface area contributed by atoms with Crippen LogP contribution in [0.5, 0.6) is 0 Å². The first kappa shape index (κ1) is 13.8. The Balaban J connectivity index is 1.49. The lowest BCUT2D eigenvalue weighted by atomic mass is 10.1. The van der Waals surface area contributed by atoms with E-state index in [1.54, 1.807) is 0 Å². The minimum atomic E-state index is 0.825. The van der Waals surface area contributed by atoms with Crippen LogP contribution in [0.15, 0.2) is 54.7 Å². The van der Waals surface area contributed by atoms with Crippen LogP contribution < -0.4 is 0 Å². The summed E-state index contributed by atoms with van der Waals surface area (Å²) in [6.07, 6.45) is 6.08. The van der Waals surface area contributed by atoms with E-state index in [1.165, 1.54) is 5.56 Å². The molecule has 0 unspecified atom stereocenters. The van der Waals surface area contributed by atoms with Crippen molar-refractivity contribution in [2.24, 2.45) is 0 Å². The van der Waals surface area contributed by atoms with Gasteiger partial charge in [-0.25, -0.2) is 0 Å². The van der Waals surface area contributed by atoms with E-state index in [2.05, 4.69) is 41.4 Å². The van der Waals surface area contributed by atoms with E-state index in [-0.39, 0.29) is 0 Å². The Bertz CT molecular complexity index is 398. The Labute approximate surface area is 115 Å². The van der Waals surface area contributed by atoms with Crippen molar-refractivity contribution in [1.29, 1.82) is 0 Å². The van der Waals surface area contributed by atoms with Crippen LogP contribution in [0.1, 0.15) is 24.1 Å². The molecule has 0 aliphatic rings. The first-order valence-corrected chi connectivity index (χ1v) is 6.97. The standard InChI is InChI=1S/C17H21NO/c1-2-8-16(9-3-1)10-6-14-19-15-7-12-17-11-4-5-13-18-17/h1-5,8-9,11,13H,6-7,10,12,14-15H2. The molecule has 0 spiro atoms. The molecule has 0 aliphatic carbocycles. The minimum Gasteiger partial charge on any atom is -0.381 e. The number of rotatable bonds is 8. The number of pyridine rings is 1. The lowest BCUT2D eigenvalue weighted by molar-refractivity contribution is 0.129. The maximum Gasteiger partial charge on any atom is 0.0469 e. The molecule has 1 aromatic heterocycles. The van der Waals surface area contributed by atoms with Crippen molar-refractivity contribution in [3.8, 4) is 0 Å². The molecule has 0 fully saturated rings. The van der Waals surface area contributed by atoms with Crippen LogP contribution in [0.2, 0.25) is 0 Å². The molecule has 0 saturated carbocycles. The first-order valence-electron chi connectivity index (χ1n) is 6.97. The number of benzene rings is 1. The van der Waals surface area contributed by atoms with Crippen molar-refractivity contribution in [2.45, 2.75) is 25.7 Å². The molecule has 1 aromatic carbocycles. The molecule has 19 heavy (non-hydrogen) atoms. The fourth-order valence-electron chi connectivity index (χ4n) is 2.03. The maximum atomic E-state index is 5.65. The van der Waals surface area contributed by atoms with Crippen molar-refractivity contribution in [3.63, 3.8) is 0 Å². The van der Waals surface area contributed by atoms with Gasteiger partial charge in [0.25, 0.3) is 0 Å². The molecule has 2 nitrogen and oxygen atoms in total. The van der Waals surface area contributed by atoms with Gasteiger partial charge in [-0.3, -0.25) is 4.98 Å². The predicted octanol–water partition coefficient (Wildman–Crippen LogP) is 3.66. The SMILES string of the molecule is c1ccc(CCCOCCCc2ccccn2)cc1. The van der Waals surface area contributed by atoms with Crippen molar-refractivity contribution in [3.05, 3.63) is 66.0 Å². The van der Waals surface area contributed by atoms with Crippen LogP contribution in [0.25, 0.3) is 0 Å². The normalized spacial score (nSPS) is 10.5. The van der Waals surface area contributed by atoms with Gasteiger partial charge in [0.2, 0.25) is 0 Å². The van der Waals surface area contributed by atoms with Gasteiger partial charge < -0.3 is 4.74 Å². The highest BCUT2D eigenvalue weighted by atomic mass is 16.5. The molecule has 2 aromatic rings. The molecule has 0 atom stereocenters. The Hall–Kier alpha value is -1.67. The molecule has 2 rings (SSSR count). The van der Waals surface area contributed by atoms with Gasteiger partial charge in [0.05, 0.1) is 0 Å². The van der Waals surface area contributed by atoms with Gasteiger partial charge in [-0.2, -0.15) is 0 Å². The molecule has 0 amide bonds. The summed E-state index contributed by atoms with van der Waals surface area (Å²) in [5.74, 6) is 0. The van der Waals surface area contributed by atoms with Crippen molar-refractivity contribution in [2.75, 3.05) is 13.2 Å². The number of hydrogen-bond donors (Lipinski definition) is 0. The first-order chi connectivity index (χ1) is 9.45. The second-order valence-electron chi connectivity index (χ2n) is 4.63. The van der Waals surface area contributed by atoms with Crippen molar-refractivity contribution in [1.82, 2.24) is 4.98 Å². The monoisotopic (exact) mass is 255 g/mol. The summed E-state index contributed by atoms with van der Waals surface area (Å²) in [5.41, 5.74) is 2.54. The van der Waals surface area contributed by atoms with Gasteiger partial charge in [-0.05, 0) is 43.4 Å². The van der Waals surface area contributed by atoms with E-state index in [4.69, 9.17) is 4.74 Å². The molecule has 0 saturated heterocycles. The quantitative estimate of drug-likeness (QED) is 0.671. The van der Waals surface area contributed by atoms with Gasteiger partial charge in [-0.1, -0.05) is 36.4 Å². The highest BCUT2D eigenvalue weighted by molar-refractivity contribution is 5.14. The third-order valence-electron chi connectivity index (χ3n) is 3.04. The van der Waals surface area contributed by atoms with Crippen LogP contribution >= 0.6 is 0 Å². The average molecular weight is 255 g/mol. The van der Waals surface area contributed by atoms with Crippen LogP contribution in [-0.2, 0) is 17.6 Å². The molecule has 100 valence electrons. The molecule has 0 bridgehead atoms. The minimum absolute atomic E-state index is 0.825. The average Bonchev–Trinajstić information content (AvgIpc) is 2.48. The van der Waals surface area contributed by atoms with Gasteiger partial charge in [0, 0.05) is 25.1 Å². The van der Waals surface area contributed by atoms with Gasteiger partial charge in [-0.15, -0.1) is 0 Å². The molecular weight excluding hydrogens is 234 g/mol. The van der Waals surface area contributed by atoms with E-state index in [1.807, 2.05) is 18.3 Å². The Morgan fingerprint density at radius 1 is 0.789 bits per heavy atom. The Morgan fingerprint density at radius 2 is 1.53 bits per heavy atom. The van der Waals surface area contributed by atoms with Crippen LogP contribution in [0.3, 0.4) is 0 Å². The van der Waals surface area contributed by atoms with E-state index in [9.17, 15) is 0 Å². The zero-order valence-corrected chi connectivity index (χ0v) is 11.3.